The maximum Gasteiger partial charge on any atom is 0.123 e. The molecule has 0 aromatic heterocycles. The molecule has 2 unspecified atom stereocenters. The first kappa shape index (κ1) is 13.5. The molecule has 2 atom stereocenters. The van der Waals surface area contributed by atoms with Gasteiger partial charge in [0.2, 0.25) is 0 Å². The second kappa shape index (κ2) is 5.90. The Balaban J connectivity index is 1.79. The molecular formula is C17H19NOS. The average molecular weight is 285 g/mol. The third-order valence-corrected chi connectivity index (χ3v) is 4.94. The Hall–Kier alpha value is -1.45. The van der Waals surface area contributed by atoms with Gasteiger partial charge >= 0.3 is 0 Å². The van der Waals surface area contributed by atoms with Gasteiger partial charge in [0.1, 0.15) is 5.75 Å². The van der Waals surface area contributed by atoms with Crippen molar-refractivity contribution in [2.24, 2.45) is 0 Å². The van der Waals surface area contributed by atoms with Crippen molar-refractivity contribution in [3.8, 4) is 5.75 Å². The summed E-state index contributed by atoms with van der Waals surface area (Å²) in [5.74, 6) is 2.05. The Morgan fingerprint density at radius 2 is 1.90 bits per heavy atom. The summed E-state index contributed by atoms with van der Waals surface area (Å²) in [6.45, 7) is 2.20. The van der Waals surface area contributed by atoms with Crippen LogP contribution in [0.4, 0.5) is 0 Å². The van der Waals surface area contributed by atoms with E-state index in [0.717, 1.165) is 11.5 Å². The predicted octanol–water partition coefficient (Wildman–Crippen LogP) is 4.19. The summed E-state index contributed by atoms with van der Waals surface area (Å²) in [4.78, 5) is 1.40. The minimum Gasteiger partial charge on any atom is -0.496 e. The number of ether oxygens (including phenoxy) is 1. The average Bonchev–Trinajstić information content (AvgIpc) is 2.90. The van der Waals surface area contributed by atoms with Crippen molar-refractivity contribution in [1.29, 1.82) is 0 Å². The normalized spacial score (nSPS) is 18.6. The molecule has 2 nitrogen and oxygen atoms in total. The highest BCUT2D eigenvalue weighted by Crippen LogP contribution is 2.39. The van der Waals surface area contributed by atoms with Gasteiger partial charge in [-0.3, -0.25) is 0 Å². The van der Waals surface area contributed by atoms with Gasteiger partial charge in [0.25, 0.3) is 0 Å². The van der Waals surface area contributed by atoms with Crippen molar-refractivity contribution in [3.63, 3.8) is 0 Å². The number of benzene rings is 2. The molecule has 0 aliphatic carbocycles. The monoisotopic (exact) mass is 285 g/mol. The smallest absolute Gasteiger partial charge is 0.123 e. The minimum atomic E-state index is 0.267. The SMILES string of the molecule is COc1ccccc1C(C)NC1CSc2ccccc21. The summed E-state index contributed by atoms with van der Waals surface area (Å²) in [7, 11) is 1.73. The molecule has 20 heavy (non-hydrogen) atoms. The summed E-state index contributed by atoms with van der Waals surface area (Å²) in [6.07, 6.45) is 0. The van der Waals surface area contributed by atoms with E-state index in [2.05, 4.69) is 48.6 Å². The number of hydrogen-bond acceptors (Lipinski definition) is 3. The zero-order valence-corrected chi connectivity index (χ0v) is 12.6. The van der Waals surface area contributed by atoms with Gasteiger partial charge in [-0.05, 0) is 24.6 Å². The van der Waals surface area contributed by atoms with Crippen LogP contribution in [0.25, 0.3) is 0 Å². The van der Waals surface area contributed by atoms with Crippen molar-refractivity contribution in [1.82, 2.24) is 5.32 Å². The van der Waals surface area contributed by atoms with Gasteiger partial charge < -0.3 is 10.1 Å². The number of rotatable bonds is 4. The third-order valence-electron chi connectivity index (χ3n) is 3.76. The van der Waals surface area contributed by atoms with E-state index in [-0.39, 0.29) is 6.04 Å². The van der Waals surface area contributed by atoms with Crippen LogP contribution < -0.4 is 10.1 Å². The fraction of sp³-hybridized carbons (Fsp3) is 0.294. The highest BCUT2D eigenvalue weighted by atomic mass is 32.2. The molecule has 0 radical (unpaired) electrons. The number of para-hydroxylation sites is 1. The van der Waals surface area contributed by atoms with E-state index in [1.54, 1.807) is 7.11 Å². The maximum atomic E-state index is 5.46. The second-order valence-corrected chi connectivity index (χ2v) is 6.09. The highest BCUT2D eigenvalue weighted by Gasteiger charge is 2.24. The van der Waals surface area contributed by atoms with Gasteiger partial charge in [-0.1, -0.05) is 36.4 Å². The molecule has 1 N–H and O–H groups in total. The third kappa shape index (κ3) is 2.56. The Kier molecular flexibility index (Phi) is 3.99. The predicted molar refractivity (Wildman–Crippen MR) is 84.5 cm³/mol. The van der Waals surface area contributed by atoms with Crippen LogP contribution in [-0.2, 0) is 0 Å². The molecule has 2 aromatic carbocycles. The topological polar surface area (TPSA) is 21.3 Å². The van der Waals surface area contributed by atoms with E-state index < -0.39 is 0 Å². The van der Waals surface area contributed by atoms with Gasteiger partial charge in [-0.15, -0.1) is 11.8 Å². The van der Waals surface area contributed by atoms with E-state index in [0.29, 0.717) is 6.04 Å². The van der Waals surface area contributed by atoms with Crippen LogP contribution in [0.1, 0.15) is 30.1 Å². The molecule has 0 amide bonds. The molecule has 2 aromatic rings. The first-order valence-electron chi connectivity index (χ1n) is 6.90. The van der Waals surface area contributed by atoms with Gasteiger partial charge in [-0.2, -0.15) is 0 Å². The molecule has 0 fully saturated rings. The zero-order chi connectivity index (χ0) is 13.9. The Bertz CT molecular complexity index is 599. The second-order valence-electron chi connectivity index (χ2n) is 5.03. The van der Waals surface area contributed by atoms with Crippen LogP contribution in [-0.4, -0.2) is 12.9 Å². The van der Waals surface area contributed by atoms with Gasteiger partial charge in [0.05, 0.1) is 7.11 Å². The first-order valence-corrected chi connectivity index (χ1v) is 7.89. The molecule has 1 aliphatic rings. The Morgan fingerprint density at radius 1 is 1.15 bits per heavy atom. The summed E-state index contributed by atoms with van der Waals surface area (Å²) in [6, 6.07) is 17.6. The summed E-state index contributed by atoms with van der Waals surface area (Å²) in [5, 5.41) is 3.73. The molecular weight excluding hydrogens is 266 g/mol. The molecule has 0 saturated heterocycles. The number of fused-ring (bicyclic) bond motifs is 1. The lowest BCUT2D eigenvalue weighted by Gasteiger charge is -2.22. The van der Waals surface area contributed by atoms with Crippen LogP contribution in [0.2, 0.25) is 0 Å². The number of methoxy groups -OCH3 is 1. The molecule has 1 heterocycles. The van der Waals surface area contributed by atoms with E-state index in [4.69, 9.17) is 4.74 Å². The van der Waals surface area contributed by atoms with E-state index in [9.17, 15) is 0 Å². The van der Waals surface area contributed by atoms with Crippen molar-refractivity contribution < 1.29 is 4.74 Å². The molecule has 0 spiro atoms. The fourth-order valence-corrected chi connectivity index (χ4v) is 3.89. The Labute approximate surface area is 124 Å². The van der Waals surface area contributed by atoms with Gasteiger partial charge in [-0.25, -0.2) is 0 Å². The minimum absolute atomic E-state index is 0.267. The van der Waals surface area contributed by atoms with Crippen molar-refractivity contribution in [3.05, 3.63) is 59.7 Å². The van der Waals surface area contributed by atoms with Crippen molar-refractivity contribution in [2.75, 3.05) is 12.9 Å². The van der Waals surface area contributed by atoms with Crippen molar-refractivity contribution in [2.45, 2.75) is 23.9 Å². The quantitative estimate of drug-likeness (QED) is 0.910. The largest absolute Gasteiger partial charge is 0.496 e. The van der Waals surface area contributed by atoms with E-state index >= 15 is 0 Å². The van der Waals surface area contributed by atoms with E-state index in [1.807, 2.05) is 23.9 Å². The number of nitrogens with one attached hydrogen (secondary N) is 1. The van der Waals surface area contributed by atoms with Gasteiger partial charge in [0, 0.05) is 28.3 Å². The Morgan fingerprint density at radius 3 is 2.75 bits per heavy atom. The molecule has 0 saturated carbocycles. The van der Waals surface area contributed by atoms with Crippen molar-refractivity contribution >= 4 is 11.8 Å². The molecule has 1 aliphatic heterocycles. The fourth-order valence-electron chi connectivity index (χ4n) is 2.72. The molecule has 3 heteroatoms. The summed E-state index contributed by atoms with van der Waals surface area (Å²) in [5.41, 5.74) is 2.63. The summed E-state index contributed by atoms with van der Waals surface area (Å²) < 4.78 is 5.46. The van der Waals surface area contributed by atoms with Gasteiger partial charge in [0.15, 0.2) is 0 Å². The van der Waals surface area contributed by atoms with Crippen LogP contribution in [0.5, 0.6) is 5.75 Å². The lowest BCUT2D eigenvalue weighted by molar-refractivity contribution is 0.397. The number of thioether (sulfide) groups is 1. The van der Waals surface area contributed by atoms with Crippen LogP contribution in [0.15, 0.2) is 53.4 Å². The van der Waals surface area contributed by atoms with Crippen LogP contribution >= 0.6 is 11.8 Å². The number of hydrogen-bond donors (Lipinski definition) is 1. The molecule has 104 valence electrons. The highest BCUT2D eigenvalue weighted by molar-refractivity contribution is 7.99. The summed E-state index contributed by atoms with van der Waals surface area (Å²) >= 11 is 1.93. The zero-order valence-electron chi connectivity index (χ0n) is 11.8. The van der Waals surface area contributed by atoms with Crippen LogP contribution in [0.3, 0.4) is 0 Å². The lowest BCUT2D eigenvalue weighted by Crippen LogP contribution is -2.24. The maximum absolute atomic E-state index is 5.46. The van der Waals surface area contributed by atoms with E-state index in [1.165, 1.54) is 16.0 Å². The van der Waals surface area contributed by atoms with Crippen LogP contribution in [0, 0.1) is 0 Å². The molecule has 3 rings (SSSR count). The first-order chi connectivity index (χ1) is 9.79. The molecule has 0 bridgehead atoms. The lowest BCUT2D eigenvalue weighted by atomic mass is 10.0. The standard InChI is InChI=1S/C17H19NOS/c1-12(13-7-3-5-9-16(13)19-2)18-15-11-20-17-10-6-4-8-14(15)17/h3-10,12,15,18H,11H2,1-2H3.